The van der Waals surface area contributed by atoms with E-state index in [0.29, 0.717) is 12.8 Å². The Morgan fingerprint density at radius 3 is 2.47 bits per heavy atom. The van der Waals surface area contributed by atoms with Crippen molar-refractivity contribution in [1.29, 1.82) is 0 Å². The lowest BCUT2D eigenvalue weighted by Crippen LogP contribution is -2.24. The molecule has 0 saturated carbocycles. The van der Waals surface area contributed by atoms with Gasteiger partial charge in [-0.05, 0) is 18.6 Å². The van der Waals surface area contributed by atoms with Crippen LogP contribution < -0.4 is 0 Å². The van der Waals surface area contributed by atoms with Crippen molar-refractivity contribution in [2.75, 3.05) is 7.11 Å². The summed E-state index contributed by atoms with van der Waals surface area (Å²) >= 11 is 0. The van der Waals surface area contributed by atoms with Crippen molar-refractivity contribution in [3.05, 3.63) is 35.1 Å². The molecule has 0 fully saturated rings. The Balaban J connectivity index is 3.08. The highest BCUT2D eigenvalue weighted by atomic mass is 19.2. The molecule has 0 aromatic heterocycles. The van der Waals surface area contributed by atoms with Gasteiger partial charge in [0.25, 0.3) is 0 Å². The average Bonchev–Trinajstić information content (AvgIpc) is 2.32. The smallest absolute Gasteiger partial charge is 0.195 e. The number of benzene rings is 1. The first-order valence-electron chi connectivity index (χ1n) is 5.23. The van der Waals surface area contributed by atoms with Crippen LogP contribution in [0.5, 0.6) is 0 Å². The summed E-state index contributed by atoms with van der Waals surface area (Å²) in [6.45, 7) is 1.83. The van der Waals surface area contributed by atoms with Crippen molar-refractivity contribution in [2.24, 2.45) is 0 Å². The SMILES string of the molecule is CCCC(OC)C(=O)c1ccc(F)c(F)c1F. The Kier molecular flexibility index (Phi) is 4.69. The van der Waals surface area contributed by atoms with Crippen LogP contribution in [0.3, 0.4) is 0 Å². The standard InChI is InChI=1S/C12H13F3O2/c1-3-4-9(17-2)12(16)7-5-6-8(13)11(15)10(7)14/h5-6,9H,3-4H2,1-2H3. The molecule has 0 aliphatic rings. The molecular formula is C12H13F3O2. The van der Waals surface area contributed by atoms with Crippen molar-refractivity contribution in [3.63, 3.8) is 0 Å². The molecule has 1 rings (SSSR count). The maximum absolute atomic E-state index is 13.4. The number of ether oxygens (including phenoxy) is 1. The van der Waals surface area contributed by atoms with Gasteiger partial charge in [0.1, 0.15) is 6.10 Å². The zero-order valence-corrected chi connectivity index (χ0v) is 9.60. The van der Waals surface area contributed by atoms with Gasteiger partial charge in [0.2, 0.25) is 0 Å². The second kappa shape index (κ2) is 5.82. The Bertz CT molecular complexity index is 418. The lowest BCUT2D eigenvalue weighted by Gasteiger charge is -2.13. The molecule has 0 spiro atoms. The van der Waals surface area contributed by atoms with Crippen molar-refractivity contribution < 1.29 is 22.7 Å². The molecule has 0 radical (unpaired) electrons. The van der Waals surface area contributed by atoms with Crippen LogP contribution in [0, 0.1) is 17.5 Å². The van der Waals surface area contributed by atoms with Gasteiger partial charge in [0.05, 0.1) is 5.56 Å². The van der Waals surface area contributed by atoms with Gasteiger partial charge in [-0.25, -0.2) is 13.2 Å². The normalized spacial score (nSPS) is 12.5. The molecule has 1 unspecified atom stereocenters. The van der Waals surface area contributed by atoms with Crippen LogP contribution in [-0.2, 0) is 4.74 Å². The Hall–Kier alpha value is -1.36. The minimum Gasteiger partial charge on any atom is -0.373 e. The zero-order chi connectivity index (χ0) is 13.0. The third kappa shape index (κ3) is 2.85. The van der Waals surface area contributed by atoms with Crippen LogP contribution in [0.4, 0.5) is 13.2 Å². The van der Waals surface area contributed by atoms with E-state index in [2.05, 4.69) is 0 Å². The number of Topliss-reactive ketones (excluding diaryl/α,β-unsaturated/α-hetero) is 1. The summed E-state index contributed by atoms with van der Waals surface area (Å²) in [5.41, 5.74) is -0.482. The number of carbonyl (C=O) groups is 1. The van der Waals surface area contributed by atoms with E-state index in [9.17, 15) is 18.0 Å². The molecule has 1 aromatic rings. The number of carbonyl (C=O) groups excluding carboxylic acids is 1. The molecule has 0 N–H and O–H groups in total. The van der Waals surface area contributed by atoms with Crippen LogP contribution in [0.1, 0.15) is 30.1 Å². The average molecular weight is 246 g/mol. The van der Waals surface area contributed by atoms with Gasteiger partial charge in [-0.1, -0.05) is 13.3 Å². The predicted molar refractivity (Wildman–Crippen MR) is 56.4 cm³/mol. The largest absolute Gasteiger partial charge is 0.373 e. The van der Waals surface area contributed by atoms with Gasteiger partial charge in [-0.3, -0.25) is 4.79 Å². The maximum Gasteiger partial charge on any atom is 0.195 e. The molecule has 94 valence electrons. The monoisotopic (exact) mass is 246 g/mol. The quantitative estimate of drug-likeness (QED) is 0.589. The molecule has 5 heteroatoms. The molecule has 17 heavy (non-hydrogen) atoms. The van der Waals surface area contributed by atoms with E-state index in [-0.39, 0.29) is 0 Å². The van der Waals surface area contributed by atoms with Crippen LogP contribution in [-0.4, -0.2) is 19.0 Å². The molecule has 0 saturated heterocycles. The molecule has 0 heterocycles. The van der Waals surface area contributed by atoms with E-state index in [1.54, 1.807) is 0 Å². The Morgan fingerprint density at radius 2 is 1.94 bits per heavy atom. The summed E-state index contributed by atoms with van der Waals surface area (Å²) in [4.78, 5) is 11.8. The van der Waals surface area contributed by atoms with Crippen LogP contribution in [0.15, 0.2) is 12.1 Å². The first kappa shape index (κ1) is 13.7. The predicted octanol–water partition coefficient (Wildman–Crippen LogP) is 3.10. The highest BCUT2D eigenvalue weighted by molar-refractivity contribution is 5.99. The molecule has 0 amide bonds. The van der Waals surface area contributed by atoms with Crippen molar-refractivity contribution in [2.45, 2.75) is 25.9 Å². The maximum atomic E-state index is 13.4. The third-order valence-corrected chi connectivity index (χ3v) is 2.43. The second-order valence-electron chi connectivity index (χ2n) is 3.60. The van der Waals surface area contributed by atoms with Gasteiger partial charge in [0, 0.05) is 7.11 Å². The zero-order valence-electron chi connectivity index (χ0n) is 9.60. The third-order valence-electron chi connectivity index (χ3n) is 2.43. The van der Waals surface area contributed by atoms with Gasteiger partial charge >= 0.3 is 0 Å². The molecule has 0 aliphatic heterocycles. The number of halogens is 3. The summed E-state index contributed by atoms with van der Waals surface area (Å²) in [5.74, 6) is -5.09. The first-order chi connectivity index (χ1) is 8.02. The number of hydrogen-bond donors (Lipinski definition) is 0. The number of rotatable bonds is 5. The number of ketones is 1. The second-order valence-corrected chi connectivity index (χ2v) is 3.60. The summed E-state index contributed by atoms with van der Waals surface area (Å²) in [6, 6.07) is 1.65. The molecule has 1 atom stereocenters. The first-order valence-corrected chi connectivity index (χ1v) is 5.23. The molecular weight excluding hydrogens is 233 g/mol. The lowest BCUT2D eigenvalue weighted by molar-refractivity contribution is 0.0573. The van der Waals surface area contributed by atoms with Crippen molar-refractivity contribution in [1.82, 2.24) is 0 Å². The summed E-state index contributed by atoms with van der Waals surface area (Å²) in [6.07, 6.45) is 0.225. The summed E-state index contributed by atoms with van der Waals surface area (Å²) < 4.78 is 43.9. The van der Waals surface area contributed by atoms with Crippen LogP contribution in [0.2, 0.25) is 0 Å². The lowest BCUT2D eigenvalue weighted by atomic mass is 10.0. The number of methoxy groups -OCH3 is 1. The minimum absolute atomic E-state index is 0.397. The van der Waals surface area contributed by atoms with Crippen LogP contribution >= 0.6 is 0 Å². The van der Waals surface area contributed by atoms with Gasteiger partial charge in [-0.2, -0.15) is 0 Å². The fraction of sp³-hybridized carbons (Fsp3) is 0.417. The molecule has 1 aromatic carbocycles. The van der Waals surface area contributed by atoms with E-state index < -0.39 is 34.9 Å². The van der Waals surface area contributed by atoms with E-state index in [1.807, 2.05) is 6.92 Å². The van der Waals surface area contributed by atoms with Crippen molar-refractivity contribution >= 4 is 5.78 Å². The van der Waals surface area contributed by atoms with Crippen molar-refractivity contribution in [3.8, 4) is 0 Å². The fourth-order valence-electron chi connectivity index (χ4n) is 1.51. The van der Waals surface area contributed by atoms with Crippen LogP contribution in [0.25, 0.3) is 0 Å². The van der Waals surface area contributed by atoms with E-state index in [0.717, 1.165) is 12.1 Å². The Labute approximate surface area is 97.4 Å². The summed E-state index contributed by atoms with van der Waals surface area (Å²) in [7, 11) is 1.32. The molecule has 0 bridgehead atoms. The number of hydrogen-bond acceptors (Lipinski definition) is 2. The molecule has 0 aliphatic carbocycles. The Morgan fingerprint density at radius 1 is 1.29 bits per heavy atom. The minimum atomic E-state index is -1.64. The topological polar surface area (TPSA) is 26.3 Å². The van der Waals surface area contributed by atoms with E-state index in [1.165, 1.54) is 7.11 Å². The molecule has 2 nitrogen and oxygen atoms in total. The highest BCUT2D eigenvalue weighted by Gasteiger charge is 2.24. The highest BCUT2D eigenvalue weighted by Crippen LogP contribution is 2.18. The van der Waals surface area contributed by atoms with E-state index in [4.69, 9.17) is 4.74 Å². The summed E-state index contributed by atoms with van der Waals surface area (Å²) in [5, 5.41) is 0. The van der Waals surface area contributed by atoms with E-state index >= 15 is 0 Å². The van der Waals surface area contributed by atoms with Gasteiger partial charge in [-0.15, -0.1) is 0 Å². The van der Waals surface area contributed by atoms with Gasteiger partial charge < -0.3 is 4.74 Å². The fourth-order valence-corrected chi connectivity index (χ4v) is 1.51. The van der Waals surface area contributed by atoms with Gasteiger partial charge in [0.15, 0.2) is 23.2 Å².